The van der Waals surface area contributed by atoms with E-state index in [1.54, 1.807) is 4.90 Å². The predicted octanol–water partition coefficient (Wildman–Crippen LogP) is 5.53. The van der Waals surface area contributed by atoms with E-state index in [1.165, 1.54) is 18.2 Å². The van der Waals surface area contributed by atoms with Crippen molar-refractivity contribution in [3.63, 3.8) is 0 Å². The Hall–Kier alpha value is -1.98. The van der Waals surface area contributed by atoms with Gasteiger partial charge in [-0.3, -0.25) is 9.59 Å². The van der Waals surface area contributed by atoms with Crippen LogP contribution in [0.25, 0.3) is 0 Å². The molecule has 0 unspecified atom stereocenters. The van der Waals surface area contributed by atoms with Crippen molar-refractivity contribution in [2.24, 2.45) is 11.8 Å². The number of amides is 2. The minimum Gasteiger partial charge on any atom is -0.349 e. The van der Waals surface area contributed by atoms with E-state index < -0.39 is 0 Å². The van der Waals surface area contributed by atoms with Crippen molar-refractivity contribution in [1.29, 1.82) is 0 Å². The van der Waals surface area contributed by atoms with Gasteiger partial charge in [-0.05, 0) is 54.2 Å². The zero-order chi connectivity index (χ0) is 21.3. The first kappa shape index (κ1) is 21.3. The molecule has 1 fully saturated rings. The van der Waals surface area contributed by atoms with Gasteiger partial charge >= 0.3 is 0 Å². The second-order valence-corrected chi connectivity index (χ2v) is 9.88. The van der Waals surface area contributed by atoms with E-state index in [0.717, 1.165) is 29.0 Å². The molecule has 1 saturated carbocycles. The Morgan fingerprint density at radius 3 is 2.70 bits per heavy atom. The number of carbonyl (C=O) groups excluding carboxylic acids is 2. The number of carbonyl (C=O) groups is 2. The molecule has 2 aromatic carbocycles. The average molecular weight is 443 g/mol. The van der Waals surface area contributed by atoms with E-state index in [-0.39, 0.29) is 17.9 Å². The van der Waals surface area contributed by atoms with Gasteiger partial charge in [-0.15, -0.1) is 11.8 Å². The average Bonchev–Trinajstić information content (AvgIpc) is 2.74. The largest absolute Gasteiger partial charge is 0.349 e. The Morgan fingerprint density at radius 1 is 1.17 bits per heavy atom. The first-order valence-corrected chi connectivity index (χ1v) is 11.9. The number of hydrogen-bond acceptors (Lipinski definition) is 3. The van der Waals surface area contributed by atoms with Gasteiger partial charge in [0.25, 0.3) is 5.91 Å². The number of thioether (sulfide) groups is 1. The summed E-state index contributed by atoms with van der Waals surface area (Å²) in [5, 5.41) is 3.91. The second kappa shape index (κ2) is 9.03. The van der Waals surface area contributed by atoms with E-state index in [9.17, 15) is 9.59 Å². The lowest BCUT2D eigenvalue weighted by Gasteiger charge is -2.34. The third kappa shape index (κ3) is 4.52. The summed E-state index contributed by atoms with van der Waals surface area (Å²) in [6, 6.07) is 13.4. The van der Waals surface area contributed by atoms with Crippen LogP contribution in [-0.2, 0) is 11.3 Å². The van der Waals surface area contributed by atoms with Crippen LogP contribution in [0.2, 0.25) is 5.02 Å². The highest BCUT2D eigenvalue weighted by atomic mass is 35.5. The highest BCUT2D eigenvalue weighted by Crippen LogP contribution is 2.37. The summed E-state index contributed by atoms with van der Waals surface area (Å²) in [5.74, 6) is 1.49. The topological polar surface area (TPSA) is 49.4 Å². The number of rotatable bonds is 4. The molecule has 3 atom stereocenters. The number of nitrogens with one attached hydrogen (secondary N) is 1. The molecular formula is C24H27ClN2O2S. The summed E-state index contributed by atoms with van der Waals surface area (Å²) < 4.78 is 0. The fourth-order valence-electron chi connectivity index (χ4n) is 4.33. The molecule has 4 nitrogen and oxygen atoms in total. The zero-order valence-corrected chi connectivity index (χ0v) is 18.9. The van der Waals surface area contributed by atoms with E-state index >= 15 is 0 Å². The van der Waals surface area contributed by atoms with Crippen molar-refractivity contribution in [2.45, 2.75) is 50.6 Å². The highest BCUT2D eigenvalue weighted by Gasteiger charge is 2.30. The van der Waals surface area contributed by atoms with Crippen molar-refractivity contribution in [3.8, 4) is 0 Å². The molecular weight excluding hydrogens is 416 g/mol. The summed E-state index contributed by atoms with van der Waals surface area (Å²) in [6.45, 7) is 4.95. The molecule has 1 aliphatic carbocycles. The number of nitrogens with zero attached hydrogens (tertiary/aromatic N) is 1. The standard InChI is InChI=1S/C24H27ClN2O2S/c1-15-4-3-5-20(16(15)2)26-24(29)18-8-11-22-21(12-18)27(23(28)14-30-22)13-17-6-9-19(25)10-7-17/h6-12,15-16,20H,3-5,13-14H2,1-2H3,(H,26,29)/t15-,16+,20+/m0/s1. The fourth-order valence-corrected chi connectivity index (χ4v) is 5.37. The first-order valence-electron chi connectivity index (χ1n) is 10.5. The summed E-state index contributed by atoms with van der Waals surface area (Å²) in [5.41, 5.74) is 2.42. The van der Waals surface area contributed by atoms with Crippen molar-refractivity contribution in [1.82, 2.24) is 5.32 Å². The smallest absolute Gasteiger partial charge is 0.251 e. The van der Waals surface area contributed by atoms with Crippen LogP contribution >= 0.6 is 23.4 Å². The Bertz CT molecular complexity index is 947. The molecule has 0 aromatic heterocycles. The predicted molar refractivity (Wildman–Crippen MR) is 123 cm³/mol. The molecule has 0 radical (unpaired) electrons. The molecule has 4 rings (SSSR count). The van der Waals surface area contributed by atoms with Gasteiger partial charge in [0.15, 0.2) is 0 Å². The van der Waals surface area contributed by atoms with Crippen LogP contribution in [0.5, 0.6) is 0 Å². The number of hydrogen-bond donors (Lipinski definition) is 1. The van der Waals surface area contributed by atoms with Crippen molar-refractivity contribution < 1.29 is 9.59 Å². The van der Waals surface area contributed by atoms with Crippen LogP contribution in [0, 0.1) is 11.8 Å². The second-order valence-electron chi connectivity index (χ2n) is 8.42. The third-order valence-electron chi connectivity index (χ3n) is 6.44. The van der Waals surface area contributed by atoms with Gasteiger partial charge in [0.05, 0.1) is 18.0 Å². The van der Waals surface area contributed by atoms with Gasteiger partial charge in [0.2, 0.25) is 5.91 Å². The molecule has 1 aliphatic heterocycles. The van der Waals surface area contributed by atoms with Crippen LogP contribution in [-0.4, -0.2) is 23.6 Å². The summed E-state index contributed by atoms with van der Waals surface area (Å²) in [7, 11) is 0. The normalized spacial score (nSPS) is 23.8. The maximum atomic E-state index is 13.0. The van der Waals surface area contributed by atoms with Crippen LogP contribution in [0.15, 0.2) is 47.4 Å². The lowest BCUT2D eigenvalue weighted by Crippen LogP contribution is -2.43. The lowest BCUT2D eigenvalue weighted by atomic mass is 9.78. The van der Waals surface area contributed by atoms with Gasteiger partial charge < -0.3 is 10.2 Å². The summed E-state index contributed by atoms with van der Waals surface area (Å²) in [6.07, 6.45) is 3.41. The van der Waals surface area contributed by atoms with E-state index in [2.05, 4.69) is 19.2 Å². The monoisotopic (exact) mass is 442 g/mol. The van der Waals surface area contributed by atoms with Crippen LogP contribution in [0.4, 0.5) is 5.69 Å². The molecule has 0 bridgehead atoms. The summed E-state index contributed by atoms with van der Waals surface area (Å²) in [4.78, 5) is 28.5. The fraction of sp³-hybridized carbons (Fsp3) is 0.417. The molecule has 2 aromatic rings. The quantitative estimate of drug-likeness (QED) is 0.676. The maximum Gasteiger partial charge on any atom is 0.251 e. The van der Waals surface area contributed by atoms with Crippen molar-refractivity contribution >= 4 is 40.9 Å². The molecule has 0 saturated heterocycles. The highest BCUT2D eigenvalue weighted by molar-refractivity contribution is 8.00. The van der Waals surface area contributed by atoms with Gasteiger partial charge in [-0.1, -0.05) is 50.4 Å². The van der Waals surface area contributed by atoms with Crippen molar-refractivity contribution in [3.05, 3.63) is 58.6 Å². The Morgan fingerprint density at radius 2 is 1.93 bits per heavy atom. The van der Waals surface area contributed by atoms with Gasteiger partial charge in [-0.2, -0.15) is 0 Å². The number of halogens is 1. The minimum absolute atomic E-state index is 0.0507. The molecule has 2 aliphatic rings. The van der Waals surface area contributed by atoms with Crippen LogP contribution in [0.1, 0.15) is 49.0 Å². The number of anilines is 1. The third-order valence-corrected chi connectivity index (χ3v) is 7.74. The summed E-state index contributed by atoms with van der Waals surface area (Å²) >= 11 is 7.52. The van der Waals surface area contributed by atoms with Gasteiger partial charge in [0.1, 0.15) is 0 Å². The maximum absolute atomic E-state index is 13.0. The molecule has 1 N–H and O–H groups in total. The van der Waals surface area contributed by atoms with Gasteiger partial charge in [0, 0.05) is 21.5 Å². The molecule has 6 heteroatoms. The Balaban J connectivity index is 1.56. The van der Waals surface area contributed by atoms with Crippen LogP contribution in [0.3, 0.4) is 0 Å². The number of benzene rings is 2. The molecule has 1 heterocycles. The van der Waals surface area contributed by atoms with Crippen molar-refractivity contribution in [2.75, 3.05) is 10.7 Å². The van der Waals surface area contributed by atoms with E-state index in [1.807, 2.05) is 42.5 Å². The minimum atomic E-state index is -0.0572. The molecule has 30 heavy (non-hydrogen) atoms. The van der Waals surface area contributed by atoms with E-state index in [4.69, 9.17) is 11.6 Å². The van der Waals surface area contributed by atoms with E-state index in [0.29, 0.717) is 34.7 Å². The molecule has 0 spiro atoms. The lowest BCUT2D eigenvalue weighted by molar-refractivity contribution is -0.116. The number of fused-ring (bicyclic) bond motifs is 1. The molecule has 158 valence electrons. The Labute approximate surface area is 187 Å². The van der Waals surface area contributed by atoms with Gasteiger partial charge in [-0.25, -0.2) is 0 Å². The zero-order valence-electron chi connectivity index (χ0n) is 17.4. The SMILES string of the molecule is C[C@@H]1[C@@H](C)CCC[C@H]1NC(=O)c1ccc2c(c1)N(Cc1ccc(Cl)cc1)C(=O)CS2. The van der Waals surface area contributed by atoms with Crippen LogP contribution < -0.4 is 10.2 Å². The first-order chi connectivity index (χ1) is 14.4. The Kier molecular flexibility index (Phi) is 6.40. The molecule has 2 amide bonds.